The number of aliphatic hydroxyl groups excluding tert-OH is 1. The minimum atomic E-state index is -1.19. The summed E-state index contributed by atoms with van der Waals surface area (Å²) < 4.78 is 16.4. The van der Waals surface area contributed by atoms with Crippen molar-refractivity contribution in [3.63, 3.8) is 0 Å². The van der Waals surface area contributed by atoms with Gasteiger partial charge in [-0.25, -0.2) is 9.59 Å². The van der Waals surface area contributed by atoms with Crippen LogP contribution in [0.4, 0.5) is 0 Å². The average molecular weight is 404 g/mol. The van der Waals surface area contributed by atoms with Crippen molar-refractivity contribution in [3.05, 3.63) is 47.1 Å². The van der Waals surface area contributed by atoms with Gasteiger partial charge in [-0.2, -0.15) is 0 Å². The molecule has 1 aliphatic carbocycles. The Morgan fingerprint density at radius 1 is 1.24 bits per heavy atom. The predicted octanol–water partition coefficient (Wildman–Crippen LogP) is 2.55. The first-order chi connectivity index (χ1) is 13.6. The zero-order chi connectivity index (χ0) is 21.9. The molecule has 0 radical (unpaired) electrons. The van der Waals surface area contributed by atoms with Gasteiger partial charge >= 0.3 is 17.9 Å². The van der Waals surface area contributed by atoms with E-state index in [4.69, 9.17) is 14.2 Å². The standard InChI is InChI=1S/C22H28O7/c1-7-11(2)21(25)29-20-18-14(5)22(26)28-17(18)10-13(4)16(27-15(6)23)9-8-12(3)19(20)24/h7-8,10,16-20,24H,5,9H2,1-4,6H3/b11-7+,12-8-,13-10-/t16-,17+,18?,19?,20-/m0/s1. The highest BCUT2D eigenvalue weighted by Gasteiger charge is 2.47. The number of esters is 3. The lowest BCUT2D eigenvalue weighted by molar-refractivity contribution is -0.153. The van der Waals surface area contributed by atoms with Gasteiger partial charge in [0.05, 0.1) is 5.92 Å². The Hall–Kier alpha value is -2.67. The quantitative estimate of drug-likeness (QED) is 0.334. The van der Waals surface area contributed by atoms with Crippen LogP contribution >= 0.6 is 0 Å². The Kier molecular flexibility index (Phi) is 7.19. The van der Waals surface area contributed by atoms with Crippen LogP contribution in [-0.4, -0.2) is 47.4 Å². The molecule has 7 nitrogen and oxygen atoms in total. The maximum atomic E-state index is 12.4. The van der Waals surface area contributed by atoms with E-state index >= 15 is 0 Å². The number of rotatable bonds is 3. The number of hydrogen-bond acceptors (Lipinski definition) is 7. The van der Waals surface area contributed by atoms with Gasteiger partial charge in [-0.15, -0.1) is 0 Å². The van der Waals surface area contributed by atoms with Gasteiger partial charge in [-0.3, -0.25) is 4.79 Å². The van der Waals surface area contributed by atoms with Crippen molar-refractivity contribution in [2.75, 3.05) is 0 Å². The molecule has 1 aliphatic heterocycles. The first-order valence-electron chi connectivity index (χ1n) is 9.50. The number of allylic oxidation sites excluding steroid dienone is 1. The van der Waals surface area contributed by atoms with Gasteiger partial charge in [0.15, 0.2) is 0 Å². The molecule has 5 atom stereocenters. The minimum Gasteiger partial charge on any atom is -0.458 e. The molecule has 0 aromatic rings. The van der Waals surface area contributed by atoms with Crippen LogP contribution in [0.5, 0.6) is 0 Å². The second kappa shape index (κ2) is 9.22. The molecule has 29 heavy (non-hydrogen) atoms. The molecular weight excluding hydrogens is 376 g/mol. The molecule has 0 spiro atoms. The van der Waals surface area contributed by atoms with Crippen molar-refractivity contribution in [1.29, 1.82) is 0 Å². The van der Waals surface area contributed by atoms with Crippen LogP contribution in [0.2, 0.25) is 0 Å². The lowest BCUT2D eigenvalue weighted by atomic mass is 9.83. The van der Waals surface area contributed by atoms with E-state index in [0.717, 1.165) is 0 Å². The van der Waals surface area contributed by atoms with Crippen LogP contribution in [-0.2, 0) is 28.6 Å². The van der Waals surface area contributed by atoms with Gasteiger partial charge in [0.1, 0.15) is 24.4 Å². The first-order valence-corrected chi connectivity index (χ1v) is 9.50. The zero-order valence-corrected chi connectivity index (χ0v) is 17.4. The fraction of sp³-hybridized carbons (Fsp3) is 0.500. The fourth-order valence-corrected chi connectivity index (χ4v) is 3.36. The van der Waals surface area contributed by atoms with E-state index in [2.05, 4.69) is 6.58 Å². The number of ether oxygens (including phenoxy) is 3. The van der Waals surface area contributed by atoms with Crippen LogP contribution in [0, 0.1) is 5.92 Å². The molecule has 2 unspecified atom stereocenters. The van der Waals surface area contributed by atoms with Crippen molar-refractivity contribution in [3.8, 4) is 0 Å². The molecule has 1 heterocycles. The highest BCUT2D eigenvalue weighted by Crippen LogP contribution is 2.37. The molecule has 0 saturated carbocycles. The average Bonchev–Trinajstić information content (AvgIpc) is 2.93. The highest BCUT2D eigenvalue weighted by molar-refractivity contribution is 5.92. The lowest BCUT2D eigenvalue weighted by Crippen LogP contribution is -2.43. The van der Waals surface area contributed by atoms with E-state index in [1.165, 1.54) is 6.92 Å². The Morgan fingerprint density at radius 2 is 1.90 bits per heavy atom. The summed E-state index contributed by atoms with van der Waals surface area (Å²) in [5.41, 5.74) is 1.71. The maximum Gasteiger partial charge on any atom is 0.334 e. The largest absolute Gasteiger partial charge is 0.458 e. The first kappa shape index (κ1) is 22.6. The van der Waals surface area contributed by atoms with Crippen molar-refractivity contribution < 1.29 is 33.7 Å². The lowest BCUT2D eigenvalue weighted by Gasteiger charge is -2.32. The molecule has 1 N–H and O–H groups in total. The summed E-state index contributed by atoms with van der Waals surface area (Å²) >= 11 is 0. The van der Waals surface area contributed by atoms with E-state index < -0.39 is 48.2 Å². The number of carbonyl (C=O) groups is 3. The molecule has 158 valence electrons. The second-order valence-electron chi connectivity index (χ2n) is 7.40. The molecule has 0 aromatic carbocycles. The van der Waals surface area contributed by atoms with Crippen LogP contribution in [0.3, 0.4) is 0 Å². The number of aliphatic hydroxyl groups is 1. The van der Waals surface area contributed by atoms with Crippen LogP contribution < -0.4 is 0 Å². The Labute approximate surface area is 170 Å². The van der Waals surface area contributed by atoms with Crippen molar-refractivity contribution >= 4 is 17.9 Å². The minimum absolute atomic E-state index is 0.117. The fourth-order valence-electron chi connectivity index (χ4n) is 3.36. The molecule has 2 aliphatic rings. The highest BCUT2D eigenvalue weighted by atomic mass is 16.6. The second-order valence-corrected chi connectivity index (χ2v) is 7.40. The summed E-state index contributed by atoms with van der Waals surface area (Å²) in [6, 6.07) is 0. The molecule has 0 aromatic heterocycles. The van der Waals surface area contributed by atoms with E-state index in [1.807, 2.05) is 0 Å². The summed E-state index contributed by atoms with van der Waals surface area (Å²) in [7, 11) is 0. The third-order valence-corrected chi connectivity index (χ3v) is 5.29. The van der Waals surface area contributed by atoms with Gasteiger partial charge < -0.3 is 19.3 Å². The zero-order valence-electron chi connectivity index (χ0n) is 17.4. The number of fused-ring (bicyclic) bond motifs is 1. The molecular formula is C22H28O7. The van der Waals surface area contributed by atoms with Crippen molar-refractivity contribution in [1.82, 2.24) is 0 Å². The molecule has 2 rings (SSSR count). The molecule has 0 amide bonds. The Balaban J connectivity index is 2.52. The predicted molar refractivity (Wildman–Crippen MR) is 106 cm³/mol. The van der Waals surface area contributed by atoms with Gasteiger partial charge in [0, 0.05) is 24.5 Å². The summed E-state index contributed by atoms with van der Waals surface area (Å²) in [6.07, 6.45) is 1.71. The number of carbonyl (C=O) groups excluding carboxylic acids is 3. The summed E-state index contributed by atoms with van der Waals surface area (Å²) in [4.78, 5) is 36.1. The van der Waals surface area contributed by atoms with E-state index in [0.29, 0.717) is 23.1 Å². The summed E-state index contributed by atoms with van der Waals surface area (Å²) in [5, 5.41) is 10.9. The summed E-state index contributed by atoms with van der Waals surface area (Å²) in [5.74, 6) is -2.43. The SMILES string of the molecule is C=C1C(=O)O[C@@H]2/C=C(/C)[C@@H](OC(C)=O)C/C=C(/C)C(O)[C@@H](OC(=O)/C(C)=C/C)C12. The van der Waals surface area contributed by atoms with Crippen LogP contribution in [0.1, 0.15) is 41.0 Å². The normalized spacial score (nSPS) is 34.1. The topological polar surface area (TPSA) is 99.1 Å². The molecule has 0 bridgehead atoms. The van der Waals surface area contributed by atoms with E-state index in [9.17, 15) is 19.5 Å². The smallest absolute Gasteiger partial charge is 0.334 e. The molecule has 1 saturated heterocycles. The van der Waals surface area contributed by atoms with Gasteiger partial charge in [-0.05, 0) is 44.9 Å². The monoisotopic (exact) mass is 404 g/mol. The van der Waals surface area contributed by atoms with Crippen LogP contribution in [0.25, 0.3) is 0 Å². The third-order valence-electron chi connectivity index (χ3n) is 5.29. The van der Waals surface area contributed by atoms with Gasteiger partial charge in [0.25, 0.3) is 0 Å². The number of hydrogen-bond donors (Lipinski definition) is 1. The Bertz CT molecular complexity index is 802. The summed E-state index contributed by atoms with van der Waals surface area (Å²) in [6.45, 7) is 11.9. The Morgan fingerprint density at radius 3 is 2.48 bits per heavy atom. The van der Waals surface area contributed by atoms with E-state index in [1.54, 1.807) is 45.9 Å². The van der Waals surface area contributed by atoms with Gasteiger partial charge in [0.2, 0.25) is 0 Å². The van der Waals surface area contributed by atoms with Gasteiger partial charge in [-0.1, -0.05) is 18.7 Å². The van der Waals surface area contributed by atoms with Crippen molar-refractivity contribution in [2.24, 2.45) is 5.92 Å². The molecule has 1 fully saturated rings. The molecule has 7 heteroatoms. The van der Waals surface area contributed by atoms with Crippen LogP contribution in [0.15, 0.2) is 47.1 Å². The third kappa shape index (κ3) is 5.03. The van der Waals surface area contributed by atoms with Crippen molar-refractivity contribution in [2.45, 2.75) is 65.5 Å². The van der Waals surface area contributed by atoms with E-state index in [-0.39, 0.29) is 5.57 Å². The maximum absolute atomic E-state index is 12.4.